The van der Waals surface area contributed by atoms with Crippen LogP contribution in [0.4, 0.5) is 0 Å². The molecule has 0 bridgehead atoms. The number of carboxylic acids is 1. The van der Waals surface area contributed by atoms with Crippen LogP contribution in [0.25, 0.3) is 0 Å². The fourth-order valence-electron chi connectivity index (χ4n) is 1.86. The zero-order valence-electron chi connectivity index (χ0n) is 5.71. The second kappa shape index (κ2) is 1.95. The molecule has 1 aliphatic carbocycles. The quantitative estimate of drug-likeness (QED) is 0.543. The normalized spacial score (nSPS) is 44.2. The lowest BCUT2D eigenvalue weighted by Gasteiger charge is -2.18. The fourth-order valence-corrected chi connectivity index (χ4v) is 1.86. The van der Waals surface area contributed by atoms with E-state index in [0.717, 1.165) is 18.9 Å². The maximum atomic E-state index is 10.5. The zero-order valence-corrected chi connectivity index (χ0v) is 5.71. The second-order valence-corrected chi connectivity index (χ2v) is 3.22. The van der Waals surface area contributed by atoms with Crippen LogP contribution in [0.1, 0.15) is 12.8 Å². The van der Waals surface area contributed by atoms with E-state index in [1.54, 1.807) is 0 Å². The van der Waals surface area contributed by atoms with Crippen molar-refractivity contribution in [2.45, 2.75) is 18.9 Å². The fraction of sp³-hybridized carbons (Fsp3) is 0.857. The van der Waals surface area contributed by atoms with Gasteiger partial charge in [-0.25, -0.2) is 0 Å². The summed E-state index contributed by atoms with van der Waals surface area (Å²) in [5, 5.41) is 11.7. The monoisotopic (exact) mass is 141 g/mol. The number of fused-ring (bicyclic) bond motifs is 1. The number of nitrogens with one attached hydrogen (secondary N) is 1. The zero-order chi connectivity index (χ0) is 7.14. The van der Waals surface area contributed by atoms with Gasteiger partial charge < -0.3 is 10.4 Å². The first kappa shape index (κ1) is 6.16. The molecule has 2 N–H and O–H groups in total. The molecule has 0 aromatic carbocycles. The van der Waals surface area contributed by atoms with E-state index in [-0.39, 0.29) is 6.04 Å². The average molecular weight is 141 g/mol. The molecule has 2 aliphatic rings. The second-order valence-electron chi connectivity index (χ2n) is 3.22. The highest BCUT2D eigenvalue weighted by molar-refractivity contribution is 5.74. The summed E-state index contributed by atoms with van der Waals surface area (Å²) in [4.78, 5) is 10.5. The van der Waals surface area contributed by atoms with E-state index in [4.69, 9.17) is 5.11 Å². The topological polar surface area (TPSA) is 49.3 Å². The Morgan fingerprint density at radius 3 is 3.00 bits per heavy atom. The first-order valence-corrected chi connectivity index (χ1v) is 3.75. The van der Waals surface area contributed by atoms with Crippen molar-refractivity contribution in [2.24, 2.45) is 11.8 Å². The van der Waals surface area contributed by atoms with Crippen LogP contribution in [0.2, 0.25) is 0 Å². The van der Waals surface area contributed by atoms with Crippen LogP contribution < -0.4 is 5.32 Å². The van der Waals surface area contributed by atoms with Gasteiger partial charge in [0.1, 0.15) is 6.04 Å². The number of piperidine rings is 1. The number of rotatable bonds is 1. The molecule has 56 valence electrons. The highest BCUT2D eigenvalue weighted by Gasteiger charge is 2.48. The van der Waals surface area contributed by atoms with Gasteiger partial charge in [-0.3, -0.25) is 4.79 Å². The minimum atomic E-state index is -0.674. The third-order valence-corrected chi connectivity index (χ3v) is 2.55. The summed E-state index contributed by atoms with van der Waals surface area (Å²) in [6.07, 6.45) is 2.30. The molecule has 3 heteroatoms. The molecule has 1 unspecified atom stereocenters. The molecular formula is C7H11NO2. The minimum Gasteiger partial charge on any atom is -0.480 e. The maximum absolute atomic E-state index is 10.5. The van der Waals surface area contributed by atoms with Crippen LogP contribution in [0.15, 0.2) is 0 Å². The van der Waals surface area contributed by atoms with Crippen molar-refractivity contribution in [1.82, 2.24) is 5.32 Å². The summed E-state index contributed by atoms with van der Waals surface area (Å²) in [6, 6.07) is -0.237. The van der Waals surface area contributed by atoms with Crippen molar-refractivity contribution < 1.29 is 9.90 Å². The molecule has 0 amide bonds. The number of hydrogen-bond donors (Lipinski definition) is 2. The smallest absolute Gasteiger partial charge is 0.320 e. The summed E-state index contributed by atoms with van der Waals surface area (Å²) in [5.41, 5.74) is 0. The Kier molecular flexibility index (Phi) is 1.20. The number of aliphatic carboxylic acids is 1. The third kappa shape index (κ3) is 0.814. The van der Waals surface area contributed by atoms with Gasteiger partial charge in [0.05, 0.1) is 0 Å². The van der Waals surface area contributed by atoms with Gasteiger partial charge in [0.25, 0.3) is 0 Å². The molecule has 0 spiro atoms. The Balaban J connectivity index is 2.02. The van der Waals surface area contributed by atoms with Gasteiger partial charge in [-0.15, -0.1) is 0 Å². The molecule has 1 aliphatic heterocycles. The molecule has 1 saturated carbocycles. The molecule has 2 rings (SSSR count). The minimum absolute atomic E-state index is 0.237. The molecule has 0 aromatic rings. The highest BCUT2D eigenvalue weighted by atomic mass is 16.4. The molecule has 0 radical (unpaired) electrons. The van der Waals surface area contributed by atoms with E-state index in [2.05, 4.69) is 5.32 Å². The summed E-state index contributed by atoms with van der Waals surface area (Å²) < 4.78 is 0. The van der Waals surface area contributed by atoms with Crippen LogP contribution >= 0.6 is 0 Å². The number of carbonyl (C=O) groups is 1. The molecule has 10 heavy (non-hydrogen) atoms. The lowest BCUT2D eigenvalue weighted by molar-refractivity contribution is -0.140. The van der Waals surface area contributed by atoms with Gasteiger partial charge in [-0.05, 0) is 31.2 Å². The van der Waals surface area contributed by atoms with Gasteiger partial charge in [-0.2, -0.15) is 0 Å². The van der Waals surface area contributed by atoms with E-state index in [0.29, 0.717) is 5.92 Å². The number of hydrogen-bond acceptors (Lipinski definition) is 2. The van der Waals surface area contributed by atoms with Crippen molar-refractivity contribution in [3.8, 4) is 0 Å². The largest absolute Gasteiger partial charge is 0.480 e. The Hall–Kier alpha value is -0.570. The molecule has 3 nitrogen and oxygen atoms in total. The Bertz CT molecular complexity index is 169. The Labute approximate surface area is 59.4 Å². The molecule has 1 saturated heterocycles. The van der Waals surface area contributed by atoms with Gasteiger partial charge in [0.2, 0.25) is 0 Å². The first-order chi connectivity index (χ1) is 4.79. The van der Waals surface area contributed by atoms with E-state index < -0.39 is 5.97 Å². The summed E-state index contributed by atoms with van der Waals surface area (Å²) in [7, 11) is 0. The third-order valence-electron chi connectivity index (χ3n) is 2.55. The summed E-state index contributed by atoms with van der Waals surface area (Å²) in [5.74, 6) is 0.501. The summed E-state index contributed by atoms with van der Waals surface area (Å²) in [6.45, 7) is 0.887. The molecule has 3 atom stereocenters. The standard InChI is InChI=1S/C7H11NO2/c9-7(10)6-5-3-4(5)1-2-8-6/h4-6,8H,1-3H2,(H,9,10)/t4-,5-,6?/m1/s1. The van der Waals surface area contributed by atoms with Crippen LogP contribution in [-0.4, -0.2) is 23.7 Å². The molecule has 1 heterocycles. The van der Waals surface area contributed by atoms with Crippen molar-refractivity contribution in [2.75, 3.05) is 6.54 Å². The first-order valence-electron chi connectivity index (χ1n) is 3.75. The van der Waals surface area contributed by atoms with Gasteiger partial charge in [-0.1, -0.05) is 0 Å². The van der Waals surface area contributed by atoms with Crippen molar-refractivity contribution in [3.63, 3.8) is 0 Å². The molecular weight excluding hydrogens is 130 g/mol. The Morgan fingerprint density at radius 1 is 1.60 bits per heavy atom. The lowest BCUT2D eigenvalue weighted by Crippen LogP contribution is -2.42. The van der Waals surface area contributed by atoms with Crippen molar-refractivity contribution in [1.29, 1.82) is 0 Å². The highest BCUT2D eigenvalue weighted by Crippen LogP contribution is 2.45. The summed E-state index contributed by atoms with van der Waals surface area (Å²) >= 11 is 0. The SMILES string of the molecule is O=C(O)C1NCC[C@@H]2C[C@@H]12. The van der Waals surface area contributed by atoms with Gasteiger partial charge in [0.15, 0.2) is 0 Å². The van der Waals surface area contributed by atoms with Crippen molar-refractivity contribution >= 4 is 5.97 Å². The predicted octanol–water partition coefficient (Wildman–Crippen LogP) is 0.0690. The number of carboxylic acid groups (broad SMARTS) is 1. The van der Waals surface area contributed by atoms with Gasteiger partial charge in [0, 0.05) is 0 Å². The maximum Gasteiger partial charge on any atom is 0.320 e. The molecule has 0 aromatic heterocycles. The van der Waals surface area contributed by atoms with Crippen LogP contribution in [0.5, 0.6) is 0 Å². The van der Waals surface area contributed by atoms with E-state index >= 15 is 0 Å². The van der Waals surface area contributed by atoms with E-state index in [1.165, 1.54) is 6.42 Å². The van der Waals surface area contributed by atoms with Crippen LogP contribution in [0.3, 0.4) is 0 Å². The van der Waals surface area contributed by atoms with Crippen LogP contribution in [0, 0.1) is 11.8 Å². The molecule has 2 fully saturated rings. The Morgan fingerprint density at radius 2 is 2.40 bits per heavy atom. The predicted molar refractivity (Wildman–Crippen MR) is 35.6 cm³/mol. The van der Waals surface area contributed by atoms with Crippen LogP contribution in [-0.2, 0) is 4.79 Å². The van der Waals surface area contributed by atoms with Crippen molar-refractivity contribution in [3.05, 3.63) is 0 Å². The van der Waals surface area contributed by atoms with E-state index in [9.17, 15) is 4.79 Å². The lowest BCUT2D eigenvalue weighted by atomic mass is 10.1. The average Bonchev–Trinajstić information content (AvgIpc) is 2.63. The van der Waals surface area contributed by atoms with E-state index in [1.807, 2.05) is 0 Å². The van der Waals surface area contributed by atoms with Gasteiger partial charge >= 0.3 is 5.97 Å².